The largest absolute Gasteiger partial charge is 0.459 e. The zero-order valence-corrected chi connectivity index (χ0v) is 21.0. The number of carbonyl (C=O) groups excluding carboxylic acids is 1. The molecule has 8 heteroatoms. The van der Waals surface area contributed by atoms with E-state index >= 15 is 0 Å². The Bertz CT molecular complexity index is 916. The van der Waals surface area contributed by atoms with Crippen LogP contribution in [0.15, 0.2) is 0 Å². The maximum absolute atomic E-state index is 12.7. The molecule has 7 aliphatic rings. The van der Waals surface area contributed by atoms with Gasteiger partial charge < -0.3 is 28.8 Å². The number of esters is 1. The van der Waals surface area contributed by atoms with Crippen molar-refractivity contribution in [3.8, 4) is 0 Å². The smallest absolute Gasteiger partial charge is 0.303 e. The monoisotopic (exact) mass is 477 g/mol. The van der Waals surface area contributed by atoms with Gasteiger partial charge in [-0.3, -0.25) is 9.69 Å². The lowest BCUT2D eigenvalue weighted by Crippen LogP contribution is -2.80. The second kappa shape index (κ2) is 6.75. The van der Waals surface area contributed by atoms with Crippen molar-refractivity contribution < 1.29 is 33.6 Å². The van der Waals surface area contributed by atoms with E-state index in [1.54, 1.807) is 14.2 Å². The van der Waals surface area contributed by atoms with Gasteiger partial charge in [-0.05, 0) is 37.1 Å². The minimum absolute atomic E-state index is 0.0203. The molecule has 5 aliphatic carbocycles. The molecule has 7 bridgehead atoms. The van der Waals surface area contributed by atoms with E-state index in [9.17, 15) is 9.90 Å². The number of fused-ring (bicyclic) bond motifs is 1. The Balaban J connectivity index is 1.57. The van der Waals surface area contributed by atoms with Gasteiger partial charge in [0.2, 0.25) is 0 Å². The molecule has 190 valence electrons. The zero-order chi connectivity index (χ0) is 23.8. The summed E-state index contributed by atoms with van der Waals surface area (Å²) in [6.45, 7) is 8.02. The summed E-state index contributed by atoms with van der Waals surface area (Å²) in [4.78, 5) is 15.2. The van der Waals surface area contributed by atoms with Crippen molar-refractivity contribution in [1.82, 2.24) is 4.90 Å². The predicted molar refractivity (Wildman–Crippen MR) is 120 cm³/mol. The molecule has 0 aromatic rings. The third-order valence-electron chi connectivity index (χ3n) is 11.8. The fraction of sp³-hybridized carbons (Fsp3) is 0.962. The summed E-state index contributed by atoms with van der Waals surface area (Å²) >= 11 is 0. The highest BCUT2D eigenvalue weighted by Crippen LogP contribution is 2.82. The molecule has 2 heterocycles. The molecule has 5 saturated carbocycles. The second-order valence-corrected chi connectivity index (χ2v) is 12.5. The maximum Gasteiger partial charge on any atom is 0.303 e. The molecule has 1 N–H and O–H groups in total. The van der Waals surface area contributed by atoms with Gasteiger partial charge in [0.25, 0.3) is 0 Å². The molecule has 7 fully saturated rings. The van der Waals surface area contributed by atoms with Crippen molar-refractivity contribution in [3.63, 3.8) is 0 Å². The van der Waals surface area contributed by atoms with Crippen LogP contribution in [0, 0.1) is 34.5 Å². The van der Waals surface area contributed by atoms with Crippen LogP contribution >= 0.6 is 0 Å². The van der Waals surface area contributed by atoms with Gasteiger partial charge in [0.15, 0.2) is 5.60 Å². The lowest BCUT2D eigenvalue weighted by atomic mass is 9.43. The average Bonchev–Trinajstić information content (AvgIpc) is 3.39. The van der Waals surface area contributed by atoms with Gasteiger partial charge in [-0.1, -0.05) is 13.8 Å². The molecule has 13 atom stereocenters. The van der Waals surface area contributed by atoms with Crippen molar-refractivity contribution in [2.45, 2.75) is 88.1 Å². The van der Waals surface area contributed by atoms with E-state index in [1.165, 1.54) is 6.92 Å². The van der Waals surface area contributed by atoms with Crippen molar-refractivity contribution in [1.29, 1.82) is 0 Å². The summed E-state index contributed by atoms with van der Waals surface area (Å²) in [6, 6.07) is -0.0710. The summed E-state index contributed by atoms with van der Waals surface area (Å²) in [7, 11) is 3.58. The molecule has 8 nitrogen and oxygen atoms in total. The van der Waals surface area contributed by atoms with Crippen LogP contribution in [0.1, 0.15) is 46.5 Å². The number of hydrogen-bond acceptors (Lipinski definition) is 8. The third-order valence-corrected chi connectivity index (χ3v) is 11.8. The number of rotatable bonds is 4. The van der Waals surface area contributed by atoms with Gasteiger partial charge in [-0.2, -0.15) is 0 Å². The second-order valence-electron chi connectivity index (χ2n) is 12.5. The first-order valence-electron chi connectivity index (χ1n) is 13.2. The van der Waals surface area contributed by atoms with E-state index in [1.807, 2.05) is 0 Å². The van der Waals surface area contributed by atoms with Crippen LogP contribution in [-0.2, 0) is 28.5 Å². The summed E-state index contributed by atoms with van der Waals surface area (Å²) in [5.74, 6) is 0.256. The Morgan fingerprint density at radius 2 is 2.03 bits per heavy atom. The molecule has 2 saturated heterocycles. The van der Waals surface area contributed by atoms with Gasteiger partial charge in [-0.15, -0.1) is 0 Å². The summed E-state index contributed by atoms with van der Waals surface area (Å²) in [6.07, 6.45) is 2.33. The van der Waals surface area contributed by atoms with Gasteiger partial charge in [0, 0.05) is 57.3 Å². The number of aliphatic hydroxyl groups is 1. The number of nitrogens with zero attached hydrogens (tertiary/aromatic N) is 1. The quantitative estimate of drug-likeness (QED) is 0.611. The molecule has 0 aromatic heterocycles. The van der Waals surface area contributed by atoms with Gasteiger partial charge in [0.1, 0.15) is 18.5 Å². The summed E-state index contributed by atoms with van der Waals surface area (Å²) < 4.78 is 32.3. The number of carbonyl (C=O) groups is 1. The number of likely N-dealkylation sites (N-methyl/N-ethyl adjacent to an activating group) is 1. The van der Waals surface area contributed by atoms with E-state index in [2.05, 4.69) is 18.7 Å². The van der Waals surface area contributed by atoms with Crippen molar-refractivity contribution in [3.05, 3.63) is 0 Å². The number of methoxy groups -OCH3 is 2. The maximum atomic E-state index is 12.7. The molecule has 0 amide bonds. The van der Waals surface area contributed by atoms with Gasteiger partial charge in [-0.25, -0.2) is 0 Å². The van der Waals surface area contributed by atoms with Crippen LogP contribution in [0.4, 0.5) is 0 Å². The van der Waals surface area contributed by atoms with E-state index in [-0.39, 0.29) is 60.1 Å². The van der Waals surface area contributed by atoms with Crippen LogP contribution in [0.5, 0.6) is 0 Å². The first kappa shape index (κ1) is 22.4. The Labute approximate surface area is 201 Å². The van der Waals surface area contributed by atoms with Crippen molar-refractivity contribution in [2.75, 3.05) is 34.1 Å². The number of hydrogen-bond donors (Lipinski definition) is 1. The topological polar surface area (TPSA) is 86.7 Å². The standard InChI is InChI=1S/C26H39NO7/c1-6-27-11-23(3)8-7-17(29)25-15-9-14-16(30-4)10-24(18(15)19(14)31-5)26(22(25)27,33-12-32-24)21(20(23)25)34-13(2)28/h14-22,29H,6-12H2,1-5H3. The number of piperidine rings is 1. The third kappa shape index (κ3) is 2.04. The van der Waals surface area contributed by atoms with E-state index in [0.717, 1.165) is 32.4 Å². The lowest BCUT2D eigenvalue weighted by molar-refractivity contribution is -0.280. The Morgan fingerprint density at radius 1 is 1.24 bits per heavy atom. The fourth-order valence-corrected chi connectivity index (χ4v) is 11.4. The summed E-state index contributed by atoms with van der Waals surface area (Å²) in [5.41, 5.74) is -2.05. The molecule has 0 aromatic carbocycles. The van der Waals surface area contributed by atoms with Crippen LogP contribution < -0.4 is 0 Å². The molecule has 3 spiro atoms. The van der Waals surface area contributed by atoms with Gasteiger partial charge in [0.05, 0.1) is 24.4 Å². The minimum Gasteiger partial charge on any atom is -0.459 e. The van der Waals surface area contributed by atoms with Crippen LogP contribution in [0.3, 0.4) is 0 Å². The van der Waals surface area contributed by atoms with Crippen molar-refractivity contribution >= 4 is 5.97 Å². The number of ether oxygens (including phenoxy) is 5. The Morgan fingerprint density at radius 3 is 2.71 bits per heavy atom. The van der Waals surface area contributed by atoms with E-state index < -0.39 is 28.8 Å². The van der Waals surface area contributed by atoms with Crippen LogP contribution in [0.25, 0.3) is 0 Å². The first-order valence-corrected chi connectivity index (χ1v) is 13.2. The Hall–Kier alpha value is -0.770. The van der Waals surface area contributed by atoms with E-state index in [0.29, 0.717) is 6.42 Å². The highest BCUT2D eigenvalue weighted by Gasteiger charge is 2.94. The zero-order valence-electron chi connectivity index (χ0n) is 21.0. The normalized spacial score (nSPS) is 60.8. The van der Waals surface area contributed by atoms with Gasteiger partial charge >= 0.3 is 5.97 Å². The molecule has 7 rings (SSSR count). The number of likely N-dealkylation sites (tertiary alicyclic amines) is 1. The average molecular weight is 478 g/mol. The van der Waals surface area contributed by atoms with Crippen LogP contribution in [0.2, 0.25) is 0 Å². The fourth-order valence-electron chi connectivity index (χ4n) is 11.4. The highest BCUT2D eigenvalue weighted by molar-refractivity contribution is 5.67. The SMILES string of the molecule is CCN1CC2(C)CCC(O)C34C5CC6C(OC)CC7(OCOC7(C(OC(C)=O)C23)C14)C5C6OC. The summed E-state index contributed by atoms with van der Waals surface area (Å²) in [5, 5.41) is 12.1. The molecular formula is C26H39NO7. The predicted octanol–water partition coefficient (Wildman–Crippen LogP) is 1.58. The van der Waals surface area contributed by atoms with E-state index in [4.69, 9.17) is 23.7 Å². The van der Waals surface area contributed by atoms with Crippen molar-refractivity contribution in [2.24, 2.45) is 34.5 Å². The lowest BCUT2D eigenvalue weighted by Gasteiger charge is -2.69. The molecule has 13 unspecified atom stereocenters. The molecule has 2 aliphatic heterocycles. The van der Waals surface area contributed by atoms with Crippen LogP contribution in [-0.4, -0.2) is 91.7 Å². The molecule has 34 heavy (non-hydrogen) atoms. The molecular weight excluding hydrogens is 438 g/mol. The first-order chi connectivity index (χ1) is 16.3. The minimum atomic E-state index is -0.855. The number of aliphatic hydroxyl groups excluding tert-OH is 1. The molecule has 0 radical (unpaired) electrons. The highest BCUT2D eigenvalue weighted by atomic mass is 16.7. The Kier molecular flexibility index (Phi) is 4.45.